The SMILES string of the molecule is Cc1nc(C2(n3cc(-c4ccc(Cl)c(F)c4F)cn3)O[C@@H](CO)[C@@H](O)C[C@@]2(O)n2cc(-c3ccc(Cl)c(F)c3F)cn2)n(-c2cc(Br)c(C)nc2C(F)(F)F)n1. The van der Waals surface area contributed by atoms with E-state index < -0.39 is 98.9 Å². The molecule has 0 spiro atoms. The summed E-state index contributed by atoms with van der Waals surface area (Å²) in [4.78, 5) is 8.12. The normalized spacial score (nSPS) is 21.6. The third-order valence-electron chi connectivity index (χ3n) is 9.17. The van der Waals surface area contributed by atoms with E-state index in [1.165, 1.54) is 13.8 Å². The predicted octanol–water partition coefficient (Wildman–Crippen LogP) is 6.84. The number of pyridine rings is 1. The monoisotopic (exact) mass is 890 g/mol. The first-order valence-electron chi connectivity index (χ1n) is 16.1. The van der Waals surface area contributed by atoms with Crippen molar-refractivity contribution in [2.24, 2.45) is 0 Å². The Labute approximate surface area is 328 Å². The van der Waals surface area contributed by atoms with E-state index in [2.05, 4.69) is 41.2 Å². The Morgan fingerprint density at radius 1 is 0.893 bits per heavy atom. The van der Waals surface area contributed by atoms with E-state index in [4.69, 9.17) is 27.9 Å². The molecule has 1 fully saturated rings. The number of benzene rings is 2. The van der Waals surface area contributed by atoms with Gasteiger partial charge < -0.3 is 20.1 Å². The van der Waals surface area contributed by atoms with Crippen LogP contribution in [0.25, 0.3) is 27.9 Å². The van der Waals surface area contributed by atoms with Gasteiger partial charge in [-0.05, 0) is 60.1 Å². The summed E-state index contributed by atoms with van der Waals surface area (Å²) in [5, 5.41) is 46.4. The molecule has 0 aliphatic carbocycles. The number of alkyl halides is 3. The molecule has 0 saturated carbocycles. The number of hydrogen-bond acceptors (Lipinski definition) is 9. The number of aryl methyl sites for hydroxylation is 2. The van der Waals surface area contributed by atoms with Gasteiger partial charge in [-0.1, -0.05) is 23.2 Å². The van der Waals surface area contributed by atoms with Gasteiger partial charge >= 0.3 is 6.18 Å². The second-order valence-corrected chi connectivity index (χ2v) is 14.3. The highest BCUT2D eigenvalue weighted by atomic mass is 79.9. The zero-order valence-electron chi connectivity index (χ0n) is 28.4. The first-order chi connectivity index (χ1) is 26.3. The molecule has 22 heteroatoms. The van der Waals surface area contributed by atoms with Crippen LogP contribution in [-0.2, 0) is 22.4 Å². The molecule has 294 valence electrons. The fourth-order valence-electron chi connectivity index (χ4n) is 6.47. The van der Waals surface area contributed by atoms with Crippen molar-refractivity contribution >= 4 is 39.1 Å². The Balaban J connectivity index is 1.57. The van der Waals surface area contributed by atoms with Gasteiger partial charge in [0.05, 0.1) is 46.5 Å². The summed E-state index contributed by atoms with van der Waals surface area (Å²) in [5.41, 5.74) is -9.22. The highest BCUT2D eigenvalue weighted by molar-refractivity contribution is 9.10. The van der Waals surface area contributed by atoms with Crippen molar-refractivity contribution in [1.82, 2.24) is 39.3 Å². The Hall–Kier alpha value is -4.44. The summed E-state index contributed by atoms with van der Waals surface area (Å²) in [6.07, 6.45) is -5.37. The highest BCUT2D eigenvalue weighted by Gasteiger charge is 2.66. The summed E-state index contributed by atoms with van der Waals surface area (Å²) in [6.45, 7) is 1.65. The lowest BCUT2D eigenvalue weighted by Gasteiger charge is -2.51. The number of ether oxygens (including phenoxy) is 1. The second-order valence-electron chi connectivity index (χ2n) is 12.7. The zero-order valence-corrected chi connectivity index (χ0v) is 31.5. The van der Waals surface area contributed by atoms with Crippen LogP contribution in [0.1, 0.15) is 29.5 Å². The molecule has 2 aromatic carbocycles. The predicted molar refractivity (Wildman–Crippen MR) is 186 cm³/mol. The van der Waals surface area contributed by atoms with Crippen LogP contribution >= 0.6 is 39.1 Å². The van der Waals surface area contributed by atoms with Crippen LogP contribution in [-0.4, -0.2) is 73.4 Å². The van der Waals surface area contributed by atoms with Gasteiger partial charge in [-0.3, -0.25) is 0 Å². The molecule has 6 aromatic rings. The lowest BCUT2D eigenvalue weighted by Crippen LogP contribution is -2.68. The molecule has 12 nitrogen and oxygen atoms in total. The molecule has 1 aliphatic rings. The third-order valence-corrected chi connectivity index (χ3v) is 10.6. The smallest absolute Gasteiger partial charge is 0.394 e. The Morgan fingerprint density at radius 2 is 1.45 bits per heavy atom. The number of nitrogens with zero attached hydrogens (tertiary/aromatic N) is 8. The number of hydrogen-bond donors (Lipinski definition) is 3. The zero-order chi connectivity index (χ0) is 40.6. The number of aromatic nitrogens is 8. The minimum Gasteiger partial charge on any atom is -0.394 e. The van der Waals surface area contributed by atoms with E-state index in [9.17, 15) is 37.3 Å². The molecular weight excluding hydrogens is 868 g/mol. The van der Waals surface area contributed by atoms with Crippen LogP contribution < -0.4 is 0 Å². The Kier molecular flexibility index (Phi) is 10.1. The number of aliphatic hydroxyl groups excluding tert-OH is 2. The number of halogens is 10. The molecule has 0 bridgehead atoms. The molecule has 0 radical (unpaired) electrons. The maximum Gasteiger partial charge on any atom is 0.435 e. The van der Waals surface area contributed by atoms with Crippen LogP contribution in [0.5, 0.6) is 0 Å². The third kappa shape index (κ3) is 6.27. The van der Waals surface area contributed by atoms with Crippen LogP contribution in [0.2, 0.25) is 10.0 Å². The van der Waals surface area contributed by atoms with Gasteiger partial charge in [-0.15, -0.1) is 0 Å². The first kappa shape index (κ1) is 39.8. The second kappa shape index (κ2) is 14.2. The van der Waals surface area contributed by atoms with E-state index in [0.29, 0.717) is 4.68 Å². The van der Waals surface area contributed by atoms with Crippen molar-refractivity contribution in [1.29, 1.82) is 0 Å². The molecule has 1 saturated heterocycles. The number of rotatable bonds is 7. The standard InChI is InChI=1S/C34H24BrCl2F7N8O4/c1-14-20(35)7-23(30(47-14)34(42,43)44)52-31(48-15(2)49-52)33(51-12-17(10-46-51)19-4-6-22(37)29(41)27(19)39)32(55,8-24(54)25(13-53)56-33)50-11-16(9-45-50)18-3-5-21(36)28(40)26(18)38/h3-7,9-12,24-25,53-55H,8,13H2,1-2H3/t24-,25-,32-,33?/m0/s1. The first-order valence-corrected chi connectivity index (χ1v) is 17.6. The number of aliphatic hydroxyl groups is 3. The molecule has 4 aromatic heterocycles. The van der Waals surface area contributed by atoms with Gasteiger partial charge in [0, 0.05) is 45.5 Å². The van der Waals surface area contributed by atoms with Crippen molar-refractivity contribution in [3.05, 3.63) is 116 Å². The van der Waals surface area contributed by atoms with Crippen molar-refractivity contribution in [3.8, 4) is 27.9 Å². The van der Waals surface area contributed by atoms with Crippen LogP contribution in [0.3, 0.4) is 0 Å². The lowest BCUT2D eigenvalue weighted by atomic mass is 9.86. The average Bonchev–Trinajstić information content (AvgIpc) is 3.92. The molecule has 1 aliphatic heterocycles. The van der Waals surface area contributed by atoms with E-state index in [1.807, 2.05) is 0 Å². The maximum absolute atomic E-state index is 15.3. The molecule has 5 heterocycles. The molecule has 0 amide bonds. The largest absolute Gasteiger partial charge is 0.435 e. The summed E-state index contributed by atoms with van der Waals surface area (Å²) in [7, 11) is 0. The molecule has 7 rings (SSSR count). The molecule has 1 unspecified atom stereocenters. The van der Waals surface area contributed by atoms with Gasteiger partial charge in [0.1, 0.15) is 11.9 Å². The van der Waals surface area contributed by atoms with Crippen LogP contribution in [0.4, 0.5) is 30.7 Å². The van der Waals surface area contributed by atoms with E-state index in [1.54, 1.807) is 0 Å². The summed E-state index contributed by atoms with van der Waals surface area (Å²) in [5.74, 6) is -6.51. The van der Waals surface area contributed by atoms with E-state index in [0.717, 1.165) is 64.5 Å². The van der Waals surface area contributed by atoms with Gasteiger partial charge in [0.15, 0.2) is 34.8 Å². The minimum atomic E-state index is -5.11. The minimum absolute atomic E-state index is 0.0630. The quantitative estimate of drug-likeness (QED) is 0.116. The topological polar surface area (TPSA) is 149 Å². The van der Waals surface area contributed by atoms with Crippen molar-refractivity contribution in [2.75, 3.05) is 6.61 Å². The molecule has 56 heavy (non-hydrogen) atoms. The molecular formula is C34H24BrCl2F7N8O4. The molecule has 3 N–H and O–H groups in total. The van der Waals surface area contributed by atoms with Gasteiger partial charge in [0.2, 0.25) is 5.72 Å². The fraction of sp³-hybridized carbons (Fsp3) is 0.265. The highest BCUT2D eigenvalue weighted by Crippen LogP contribution is 2.50. The van der Waals surface area contributed by atoms with Crippen molar-refractivity contribution in [3.63, 3.8) is 0 Å². The fourth-order valence-corrected chi connectivity index (χ4v) is 7.07. The molecule has 4 atom stereocenters. The Bertz CT molecular complexity index is 2520. The summed E-state index contributed by atoms with van der Waals surface area (Å²) >= 11 is 14.7. The summed E-state index contributed by atoms with van der Waals surface area (Å²) in [6, 6.07) is 5.38. The average molecular weight is 892 g/mol. The van der Waals surface area contributed by atoms with Gasteiger partial charge in [0.25, 0.3) is 5.72 Å². The Morgan fingerprint density at radius 3 is 2.00 bits per heavy atom. The maximum atomic E-state index is 15.3. The van der Waals surface area contributed by atoms with Gasteiger partial charge in [-0.2, -0.15) is 28.5 Å². The van der Waals surface area contributed by atoms with Crippen molar-refractivity contribution < 1.29 is 50.8 Å². The van der Waals surface area contributed by atoms with E-state index >= 15 is 8.78 Å². The summed E-state index contributed by atoms with van der Waals surface area (Å²) < 4.78 is 112. The van der Waals surface area contributed by atoms with E-state index in [-0.39, 0.29) is 32.7 Å². The van der Waals surface area contributed by atoms with Crippen LogP contribution in [0.15, 0.2) is 59.6 Å². The van der Waals surface area contributed by atoms with Crippen LogP contribution in [0, 0.1) is 37.1 Å². The van der Waals surface area contributed by atoms with Gasteiger partial charge in [-0.25, -0.2) is 41.6 Å². The van der Waals surface area contributed by atoms with Crippen molar-refractivity contribution in [2.45, 2.75) is 50.1 Å². The lowest BCUT2D eigenvalue weighted by molar-refractivity contribution is -0.338.